The van der Waals surface area contributed by atoms with Crippen LogP contribution in [-0.4, -0.2) is 41.1 Å². The summed E-state index contributed by atoms with van der Waals surface area (Å²) in [6.07, 6.45) is 5.55. The first-order chi connectivity index (χ1) is 15.0. The van der Waals surface area contributed by atoms with Crippen LogP contribution in [0.3, 0.4) is 0 Å². The third-order valence-corrected chi connectivity index (χ3v) is 6.86. The number of Topliss-reactive ketones (excluding diaryl/α,β-unsaturated/α-hetero) is 1. The fraction of sp³-hybridized carbons (Fsp3) is 0.320. The van der Waals surface area contributed by atoms with E-state index in [0.717, 1.165) is 24.1 Å². The fourth-order valence-electron chi connectivity index (χ4n) is 5.22. The summed E-state index contributed by atoms with van der Waals surface area (Å²) >= 11 is 6.19. The quantitative estimate of drug-likeness (QED) is 0.522. The van der Waals surface area contributed by atoms with E-state index in [4.69, 9.17) is 11.6 Å². The largest absolute Gasteiger partial charge is 0.352 e. The normalized spacial score (nSPS) is 26.1. The van der Waals surface area contributed by atoms with Gasteiger partial charge < -0.3 is 4.90 Å². The number of carbonyl (C=O) groups is 3. The number of carbonyl (C=O) groups excluding carboxylic acids is 3. The molecule has 5 nitrogen and oxygen atoms in total. The molecule has 0 aliphatic carbocycles. The lowest BCUT2D eigenvalue weighted by Crippen LogP contribution is -2.48. The zero-order valence-electron chi connectivity index (χ0n) is 17.2. The third kappa shape index (κ3) is 3.02. The summed E-state index contributed by atoms with van der Waals surface area (Å²) in [7, 11) is 0. The lowest BCUT2D eigenvalue weighted by atomic mass is 9.86. The van der Waals surface area contributed by atoms with Crippen LogP contribution in [0.2, 0.25) is 5.02 Å². The Balaban J connectivity index is 1.63. The zero-order valence-corrected chi connectivity index (χ0v) is 18.0. The first-order valence-electron chi connectivity index (χ1n) is 10.7. The van der Waals surface area contributed by atoms with Crippen molar-refractivity contribution in [2.45, 2.75) is 31.8 Å². The van der Waals surface area contributed by atoms with Gasteiger partial charge in [-0.05, 0) is 30.2 Å². The molecule has 2 saturated heterocycles. The van der Waals surface area contributed by atoms with Gasteiger partial charge in [0.15, 0.2) is 5.78 Å². The van der Waals surface area contributed by atoms with Gasteiger partial charge in [0.2, 0.25) is 11.8 Å². The maximum absolute atomic E-state index is 13.7. The second-order valence-corrected chi connectivity index (χ2v) is 8.80. The van der Waals surface area contributed by atoms with Crippen molar-refractivity contribution < 1.29 is 14.4 Å². The van der Waals surface area contributed by atoms with Crippen LogP contribution in [0.25, 0.3) is 6.08 Å². The molecule has 2 amide bonds. The van der Waals surface area contributed by atoms with Gasteiger partial charge in [-0.1, -0.05) is 67.4 Å². The van der Waals surface area contributed by atoms with Crippen LogP contribution in [-0.2, 0) is 9.59 Å². The molecule has 6 heteroatoms. The number of ketones is 1. The minimum absolute atomic E-state index is 0.132. The molecule has 0 radical (unpaired) electrons. The third-order valence-electron chi connectivity index (χ3n) is 6.62. The number of halogens is 1. The van der Waals surface area contributed by atoms with Crippen molar-refractivity contribution in [2.24, 2.45) is 11.8 Å². The highest BCUT2D eigenvalue weighted by Gasteiger charge is 2.63. The van der Waals surface area contributed by atoms with Crippen LogP contribution in [0.15, 0.2) is 54.6 Å². The number of unbranched alkanes of at least 4 members (excludes halogenated alkanes) is 1. The summed E-state index contributed by atoms with van der Waals surface area (Å²) < 4.78 is 0. The van der Waals surface area contributed by atoms with Gasteiger partial charge in [-0.2, -0.15) is 0 Å². The monoisotopic (exact) mass is 434 g/mol. The zero-order chi connectivity index (χ0) is 21.7. The van der Waals surface area contributed by atoms with Crippen LogP contribution in [0.4, 0.5) is 5.69 Å². The number of imide groups is 1. The lowest BCUT2D eigenvalue weighted by molar-refractivity contribution is -0.140. The molecule has 158 valence electrons. The second-order valence-electron chi connectivity index (χ2n) is 8.37. The molecule has 3 aliphatic heterocycles. The minimum Gasteiger partial charge on any atom is -0.352 e. The molecule has 0 aromatic heterocycles. The topological polar surface area (TPSA) is 57.7 Å². The second kappa shape index (κ2) is 7.65. The van der Waals surface area contributed by atoms with Crippen LogP contribution >= 0.6 is 11.6 Å². The van der Waals surface area contributed by atoms with E-state index in [0.29, 0.717) is 17.1 Å². The molecule has 3 heterocycles. The Kier molecular flexibility index (Phi) is 4.94. The van der Waals surface area contributed by atoms with Crippen molar-refractivity contribution >= 4 is 41.0 Å². The van der Waals surface area contributed by atoms with E-state index in [-0.39, 0.29) is 23.6 Å². The van der Waals surface area contributed by atoms with Gasteiger partial charge in [-0.15, -0.1) is 0 Å². The predicted octanol–water partition coefficient (Wildman–Crippen LogP) is 4.21. The summed E-state index contributed by atoms with van der Waals surface area (Å²) in [5.41, 5.74) is 2.27. The molecular formula is C25H23ClN2O3. The molecule has 0 saturated carbocycles. The van der Waals surface area contributed by atoms with Crippen LogP contribution in [0, 0.1) is 11.8 Å². The van der Waals surface area contributed by atoms with Gasteiger partial charge in [0.05, 0.1) is 17.9 Å². The van der Waals surface area contributed by atoms with E-state index in [9.17, 15) is 14.4 Å². The van der Waals surface area contributed by atoms with E-state index < -0.39 is 17.9 Å². The highest BCUT2D eigenvalue weighted by atomic mass is 35.5. The Labute approximate surface area is 186 Å². The molecule has 0 unspecified atom stereocenters. The summed E-state index contributed by atoms with van der Waals surface area (Å²) in [6.45, 7) is 2.44. The average molecular weight is 435 g/mol. The fourth-order valence-corrected chi connectivity index (χ4v) is 5.40. The molecule has 2 aromatic rings. The number of likely N-dealkylation sites (tertiary alicyclic amines) is 1. The van der Waals surface area contributed by atoms with Crippen LogP contribution < -0.4 is 4.90 Å². The molecule has 2 aromatic carbocycles. The highest BCUT2D eigenvalue weighted by Crippen LogP contribution is 2.49. The number of hydrogen-bond donors (Lipinski definition) is 0. The highest BCUT2D eigenvalue weighted by molar-refractivity contribution is 6.30. The predicted molar refractivity (Wildman–Crippen MR) is 120 cm³/mol. The Bertz CT molecular complexity index is 1100. The van der Waals surface area contributed by atoms with Crippen molar-refractivity contribution in [1.29, 1.82) is 0 Å². The molecular weight excluding hydrogens is 412 g/mol. The standard InChI is InChI=1S/C25H23ClN2O3/c1-2-3-13-27-24(30)20-19-11-9-16-14-17(26)10-12-18(16)28(19)22(21(20)25(27)31)23(29)15-7-5-4-6-8-15/h4-12,14,19-22H,2-3,13H2,1H3/t19-,20-,21+,22-/m1/s1. The lowest BCUT2D eigenvalue weighted by Gasteiger charge is -2.36. The first-order valence-corrected chi connectivity index (χ1v) is 11.1. The Hall–Kier alpha value is -2.92. The van der Waals surface area contributed by atoms with Crippen LogP contribution in [0.1, 0.15) is 35.7 Å². The van der Waals surface area contributed by atoms with E-state index >= 15 is 0 Å². The number of rotatable bonds is 5. The average Bonchev–Trinajstić information content (AvgIpc) is 3.25. The van der Waals surface area contributed by atoms with Crippen molar-refractivity contribution in [2.75, 3.05) is 11.4 Å². The molecule has 5 rings (SSSR count). The van der Waals surface area contributed by atoms with Crippen molar-refractivity contribution in [3.63, 3.8) is 0 Å². The van der Waals surface area contributed by atoms with Gasteiger partial charge in [0.25, 0.3) is 0 Å². The Morgan fingerprint density at radius 3 is 2.52 bits per heavy atom. The molecule has 0 bridgehead atoms. The maximum atomic E-state index is 13.7. The van der Waals surface area contributed by atoms with Gasteiger partial charge in [0.1, 0.15) is 6.04 Å². The number of anilines is 1. The van der Waals surface area contributed by atoms with Crippen molar-refractivity contribution in [3.05, 3.63) is 70.8 Å². The summed E-state index contributed by atoms with van der Waals surface area (Å²) in [4.78, 5) is 43.9. The van der Waals surface area contributed by atoms with Crippen molar-refractivity contribution in [1.82, 2.24) is 4.90 Å². The van der Waals surface area contributed by atoms with E-state index in [1.165, 1.54) is 4.90 Å². The van der Waals surface area contributed by atoms with Gasteiger partial charge >= 0.3 is 0 Å². The van der Waals surface area contributed by atoms with Gasteiger partial charge in [0, 0.05) is 22.8 Å². The van der Waals surface area contributed by atoms with Crippen molar-refractivity contribution in [3.8, 4) is 0 Å². The molecule has 3 aliphatic rings. The minimum atomic E-state index is -0.731. The number of benzene rings is 2. The summed E-state index contributed by atoms with van der Waals surface area (Å²) in [5.74, 6) is -1.76. The molecule has 0 N–H and O–H groups in total. The summed E-state index contributed by atoms with van der Waals surface area (Å²) in [5, 5.41) is 0.602. The van der Waals surface area contributed by atoms with Crippen LogP contribution in [0.5, 0.6) is 0 Å². The Morgan fingerprint density at radius 2 is 1.77 bits per heavy atom. The van der Waals surface area contributed by atoms with Gasteiger partial charge in [-0.25, -0.2) is 0 Å². The van der Waals surface area contributed by atoms with E-state index in [1.54, 1.807) is 18.2 Å². The van der Waals surface area contributed by atoms with Gasteiger partial charge in [-0.3, -0.25) is 19.3 Å². The number of fused-ring (bicyclic) bond motifs is 5. The Morgan fingerprint density at radius 1 is 1.03 bits per heavy atom. The SMILES string of the molecule is CCCCN1C(=O)[C@H]2[C@H](C1=O)[C@H](C(=O)c1ccccc1)N1c3ccc(Cl)cc3C=C[C@H]21. The first kappa shape index (κ1) is 20.0. The number of nitrogens with zero attached hydrogens (tertiary/aromatic N) is 2. The van der Waals surface area contributed by atoms with E-state index in [2.05, 4.69) is 0 Å². The molecule has 0 spiro atoms. The molecule has 2 fully saturated rings. The van der Waals surface area contributed by atoms with E-state index in [1.807, 2.05) is 54.3 Å². The maximum Gasteiger partial charge on any atom is 0.235 e. The smallest absolute Gasteiger partial charge is 0.235 e. The molecule has 4 atom stereocenters. The molecule has 31 heavy (non-hydrogen) atoms. The summed E-state index contributed by atoms with van der Waals surface area (Å²) in [6, 6.07) is 13.5. The number of hydrogen-bond acceptors (Lipinski definition) is 4. The number of amides is 2.